The van der Waals surface area contributed by atoms with E-state index in [1.165, 1.54) is 5.57 Å². The molecule has 0 fully saturated rings. The molecular weight excluding hydrogens is 251 g/mol. The smallest absolute Gasteiger partial charge is 0.0717 e. The van der Waals surface area contributed by atoms with Gasteiger partial charge in [0.15, 0.2) is 0 Å². The first-order valence-electron chi connectivity index (χ1n) is 4.47. The molecule has 0 heterocycles. The second kappa shape index (κ2) is 6.05. The zero-order chi connectivity index (χ0) is 10.5. The molecule has 78 valence electrons. The van der Waals surface area contributed by atoms with Crippen LogP contribution in [-0.2, 0) is 0 Å². The van der Waals surface area contributed by atoms with Gasteiger partial charge in [-0.25, -0.2) is 0 Å². The van der Waals surface area contributed by atoms with Gasteiger partial charge >= 0.3 is 0 Å². The van der Waals surface area contributed by atoms with Gasteiger partial charge in [-0.15, -0.1) is 11.6 Å². The maximum Gasteiger partial charge on any atom is 0.0717 e. The number of hydrogen-bond donors (Lipinski definition) is 1. The number of alkyl halides is 2. The van der Waals surface area contributed by atoms with Gasteiger partial charge in [-0.05, 0) is 33.6 Å². The van der Waals surface area contributed by atoms with Gasteiger partial charge in [0.05, 0.1) is 12.0 Å². The minimum absolute atomic E-state index is 0.0120. The number of hydrogen-bond acceptors (Lipinski definition) is 1. The Morgan fingerprint density at radius 1 is 1.62 bits per heavy atom. The van der Waals surface area contributed by atoms with E-state index in [-0.39, 0.29) is 16.3 Å². The Morgan fingerprint density at radius 2 is 2.15 bits per heavy atom. The largest absolute Gasteiger partial charge is 0.395 e. The fourth-order valence-electron chi connectivity index (χ4n) is 0.990. The fourth-order valence-corrected chi connectivity index (χ4v) is 1.47. The van der Waals surface area contributed by atoms with Crippen LogP contribution in [0.3, 0.4) is 0 Å². The first-order valence-corrected chi connectivity index (χ1v) is 5.70. The van der Waals surface area contributed by atoms with Crippen LogP contribution >= 0.6 is 27.5 Å². The Hall–Kier alpha value is 0.470. The maximum absolute atomic E-state index is 8.90. The molecule has 1 N–H and O–H groups in total. The van der Waals surface area contributed by atoms with Gasteiger partial charge in [-0.3, -0.25) is 0 Å². The average molecular weight is 270 g/mol. The van der Waals surface area contributed by atoms with E-state index in [2.05, 4.69) is 35.9 Å². The predicted octanol–water partition coefficient (Wildman–Crippen LogP) is 3.49. The fraction of sp³-hybridized carbons (Fsp3) is 0.800. The van der Waals surface area contributed by atoms with Gasteiger partial charge in [-0.1, -0.05) is 27.6 Å². The quantitative estimate of drug-likeness (QED) is 0.598. The lowest BCUT2D eigenvalue weighted by Gasteiger charge is -2.26. The summed E-state index contributed by atoms with van der Waals surface area (Å²) < 4.78 is -0.171. The molecule has 0 spiro atoms. The van der Waals surface area contributed by atoms with Crippen molar-refractivity contribution in [3.8, 4) is 0 Å². The van der Waals surface area contributed by atoms with E-state index in [9.17, 15) is 0 Å². The molecule has 0 aliphatic rings. The van der Waals surface area contributed by atoms with Crippen LogP contribution in [0, 0.1) is 0 Å². The molecular formula is C10H18BrClO. The van der Waals surface area contributed by atoms with E-state index in [4.69, 9.17) is 16.7 Å². The van der Waals surface area contributed by atoms with Crippen molar-refractivity contribution in [3.63, 3.8) is 0 Å². The number of aliphatic hydroxyl groups excluding tert-OH is 1. The summed E-state index contributed by atoms with van der Waals surface area (Å²) in [6.07, 6.45) is 4.11. The van der Waals surface area contributed by atoms with Crippen LogP contribution in [0.5, 0.6) is 0 Å². The van der Waals surface area contributed by atoms with Gasteiger partial charge in [0.1, 0.15) is 0 Å². The highest BCUT2D eigenvalue weighted by Crippen LogP contribution is 2.31. The van der Waals surface area contributed by atoms with Crippen LogP contribution in [0.25, 0.3) is 0 Å². The minimum Gasteiger partial charge on any atom is -0.395 e. The van der Waals surface area contributed by atoms with Gasteiger partial charge in [-0.2, -0.15) is 0 Å². The Balaban J connectivity index is 3.96. The zero-order valence-electron chi connectivity index (χ0n) is 8.48. The van der Waals surface area contributed by atoms with Crippen molar-refractivity contribution in [3.05, 3.63) is 11.6 Å². The van der Waals surface area contributed by atoms with E-state index in [1.807, 2.05) is 6.92 Å². The zero-order valence-corrected chi connectivity index (χ0v) is 10.8. The third-order valence-corrected chi connectivity index (χ3v) is 3.83. The molecule has 0 aromatic carbocycles. The highest BCUT2D eigenvalue weighted by molar-refractivity contribution is 9.10. The van der Waals surface area contributed by atoms with Crippen molar-refractivity contribution >= 4 is 27.5 Å². The Morgan fingerprint density at radius 3 is 2.54 bits per heavy atom. The molecule has 0 aliphatic carbocycles. The molecule has 2 atom stereocenters. The third kappa shape index (κ3) is 5.71. The van der Waals surface area contributed by atoms with E-state index >= 15 is 0 Å². The van der Waals surface area contributed by atoms with Gasteiger partial charge in [0, 0.05) is 4.32 Å². The van der Waals surface area contributed by atoms with Crippen molar-refractivity contribution in [1.82, 2.24) is 0 Å². The van der Waals surface area contributed by atoms with Crippen LogP contribution in [0.4, 0.5) is 0 Å². The monoisotopic (exact) mass is 268 g/mol. The third-order valence-electron chi connectivity index (χ3n) is 2.00. The molecule has 0 radical (unpaired) electrons. The first-order chi connectivity index (χ1) is 5.90. The maximum atomic E-state index is 8.90. The Kier molecular flexibility index (Phi) is 6.27. The van der Waals surface area contributed by atoms with Crippen LogP contribution in [0.2, 0.25) is 0 Å². The highest BCUT2D eigenvalue weighted by Gasteiger charge is 2.28. The highest BCUT2D eigenvalue weighted by atomic mass is 79.9. The molecule has 0 saturated heterocycles. The predicted molar refractivity (Wildman–Crippen MR) is 62.7 cm³/mol. The Bertz CT molecular complexity index is 174. The first kappa shape index (κ1) is 13.5. The summed E-state index contributed by atoms with van der Waals surface area (Å²) in [5.74, 6) is 0. The summed E-state index contributed by atoms with van der Waals surface area (Å²) in [5.41, 5.74) is 1.32. The van der Waals surface area contributed by atoms with Crippen LogP contribution in [0.15, 0.2) is 11.6 Å². The number of rotatable bonds is 5. The van der Waals surface area contributed by atoms with Gasteiger partial charge in [0.25, 0.3) is 0 Å². The summed E-state index contributed by atoms with van der Waals surface area (Å²) >= 11 is 9.49. The van der Waals surface area contributed by atoms with Crippen molar-refractivity contribution in [2.24, 2.45) is 0 Å². The van der Waals surface area contributed by atoms with Gasteiger partial charge < -0.3 is 5.11 Å². The summed E-state index contributed by atoms with van der Waals surface area (Å²) in [6.45, 7) is 6.18. The molecule has 3 heteroatoms. The second-order valence-electron chi connectivity index (χ2n) is 3.75. The van der Waals surface area contributed by atoms with Crippen LogP contribution in [0.1, 0.15) is 33.6 Å². The second-order valence-corrected chi connectivity index (χ2v) is 6.09. The van der Waals surface area contributed by atoms with Crippen molar-refractivity contribution < 1.29 is 5.11 Å². The summed E-state index contributed by atoms with van der Waals surface area (Å²) in [5, 5.41) is 8.68. The number of allylic oxidation sites excluding steroid dienone is 2. The van der Waals surface area contributed by atoms with Gasteiger partial charge in [0.2, 0.25) is 0 Å². The molecule has 0 aromatic heterocycles. The lowest BCUT2D eigenvalue weighted by atomic mass is 10.0. The normalized spacial score (nSPS) is 17.7. The minimum atomic E-state index is -0.224. The SMILES string of the molecule is CC(C)=CCC[C@](C)(Br)[C@@H](Cl)CO. The van der Waals surface area contributed by atoms with Crippen LogP contribution in [-0.4, -0.2) is 21.4 Å². The molecule has 0 aromatic rings. The molecule has 13 heavy (non-hydrogen) atoms. The summed E-state index contributed by atoms with van der Waals surface area (Å²) in [6, 6.07) is 0. The van der Waals surface area contributed by atoms with Crippen molar-refractivity contribution in [2.75, 3.05) is 6.61 Å². The van der Waals surface area contributed by atoms with Crippen molar-refractivity contribution in [2.45, 2.75) is 43.3 Å². The lowest BCUT2D eigenvalue weighted by molar-refractivity contribution is 0.274. The molecule has 1 nitrogen and oxygen atoms in total. The molecule has 0 amide bonds. The van der Waals surface area contributed by atoms with E-state index in [1.54, 1.807) is 0 Å². The van der Waals surface area contributed by atoms with E-state index < -0.39 is 0 Å². The van der Waals surface area contributed by atoms with Crippen LogP contribution < -0.4 is 0 Å². The van der Waals surface area contributed by atoms with Crippen molar-refractivity contribution in [1.29, 1.82) is 0 Å². The molecule has 0 saturated carbocycles. The molecule has 0 bridgehead atoms. The van der Waals surface area contributed by atoms with E-state index in [0.717, 1.165) is 12.8 Å². The summed E-state index contributed by atoms with van der Waals surface area (Å²) in [7, 11) is 0. The Labute approximate surface area is 94.3 Å². The average Bonchev–Trinajstić information content (AvgIpc) is 2.01. The number of halogens is 2. The topological polar surface area (TPSA) is 20.2 Å². The molecule has 0 aliphatic heterocycles. The molecule has 0 rings (SSSR count). The van der Waals surface area contributed by atoms with E-state index in [0.29, 0.717) is 0 Å². The number of aliphatic hydroxyl groups is 1. The lowest BCUT2D eigenvalue weighted by Crippen LogP contribution is -2.31. The standard InChI is InChI=1S/C10H18BrClO/c1-8(2)5-4-6-10(3,11)9(12)7-13/h5,9,13H,4,6-7H2,1-3H3/t9-,10-/m0/s1. The summed E-state index contributed by atoms with van der Waals surface area (Å²) in [4.78, 5) is 0. The molecule has 0 unspecified atom stereocenters.